The van der Waals surface area contributed by atoms with Crippen LogP contribution in [-0.4, -0.2) is 29.8 Å². The van der Waals surface area contributed by atoms with Crippen LogP contribution in [0, 0.1) is 17.2 Å². The number of hydrogen-bond donors (Lipinski definition) is 1. The molecule has 2 aromatic rings. The molecule has 1 aromatic heterocycles. The van der Waals surface area contributed by atoms with Gasteiger partial charge in [-0.2, -0.15) is 10.2 Å². The van der Waals surface area contributed by atoms with Crippen LogP contribution in [0.5, 0.6) is 0 Å². The summed E-state index contributed by atoms with van der Waals surface area (Å²) in [5, 5.41) is 18.4. The Hall–Kier alpha value is -2.32. The predicted molar refractivity (Wildman–Crippen MR) is 74.1 cm³/mol. The van der Waals surface area contributed by atoms with E-state index in [0.29, 0.717) is 24.0 Å². The fourth-order valence-electron chi connectivity index (χ4n) is 2.47. The number of hydrogen-bond acceptors (Lipinski definition) is 5. The van der Waals surface area contributed by atoms with Crippen molar-refractivity contribution in [2.75, 3.05) is 24.6 Å². The van der Waals surface area contributed by atoms with Crippen LogP contribution in [0.15, 0.2) is 34.7 Å². The molecule has 1 saturated heterocycles. The Kier molecular flexibility index (Phi) is 3.40. The molecule has 0 saturated carbocycles. The Morgan fingerprint density at radius 1 is 1.40 bits per heavy atom. The van der Waals surface area contributed by atoms with Crippen LogP contribution in [0.4, 0.5) is 5.88 Å². The summed E-state index contributed by atoms with van der Waals surface area (Å²) in [6, 6.07) is 11.6. The van der Waals surface area contributed by atoms with Crippen LogP contribution in [0.2, 0.25) is 0 Å². The third-order valence-corrected chi connectivity index (χ3v) is 3.57. The number of nitriles is 1. The van der Waals surface area contributed by atoms with Crippen molar-refractivity contribution in [2.45, 2.75) is 6.42 Å². The monoisotopic (exact) mass is 269 g/mol. The van der Waals surface area contributed by atoms with Gasteiger partial charge in [0.15, 0.2) is 0 Å². The first-order valence-corrected chi connectivity index (χ1v) is 6.64. The lowest BCUT2D eigenvalue weighted by Crippen LogP contribution is -2.20. The summed E-state index contributed by atoms with van der Waals surface area (Å²) < 4.78 is 5.78. The maximum Gasteiger partial charge on any atom is 0.235 e. The van der Waals surface area contributed by atoms with Crippen molar-refractivity contribution < 1.29 is 9.52 Å². The molecule has 0 radical (unpaired) electrons. The van der Waals surface area contributed by atoms with Gasteiger partial charge >= 0.3 is 0 Å². The van der Waals surface area contributed by atoms with Crippen LogP contribution in [0.3, 0.4) is 0 Å². The molecular weight excluding hydrogens is 254 g/mol. The number of aliphatic hydroxyl groups excluding tert-OH is 1. The van der Waals surface area contributed by atoms with E-state index >= 15 is 0 Å². The van der Waals surface area contributed by atoms with Gasteiger partial charge in [0.1, 0.15) is 6.07 Å². The van der Waals surface area contributed by atoms with Crippen molar-refractivity contribution in [3.05, 3.63) is 36.0 Å². The van der Waals surface area contributed by atoms with Crippen LogP contribution < -0.4 is 4.90 Å². The number of rotatable bonds is 3. The third kappa shape index (κ3) is 2.26. The maximum absolute atomic E-state index is 9.21. The van der Waals surface area contributed by atoms with Gasteiger partial charge in [-0.05, 0) is 18.6 Å². The lowest BCUT2D eigenvalue weighted by atomic mass is 10.1. The zero-order chi connectivity index (χ0) is 13.9. The van der Waals surface area contributed by atoms with Crippen LogP contribution in [0.25, 0.3) is 11.5 Å². The van der Waals surface area contributed by atoms with Crippen molar-refractivity contribution in [3.8, 4) is 17.5 Å². The van der Waals surface area contributed by atoms with Gasteiger partial charge in [-0.3, -0.25) is 0 Å². The Bertz CT molecular complexity index is 630. The molecule has 1 aliphatic rings. The van der Waals surface area contributed by atoms with Crippen molar-refractivity contribution in [1.29, 1.82) is 5.26 Å². The van der Waals surface area contributed by atoms with Gasteiger partial charge in [0, 0.05) is 31.2 Å². The average molecular weight is 269 g/mol. The van der Waals surface area contributed by atoms with Crippen molar-refractivity contribution >= 4 is 5.88 Å². The highest BCUT2D eigenvalue weighted by Crippen LogP contribution is 2.31. The minimum absolute atomic E-state index is 0.165. The molecule has 1 aromatic carbocycles. The zero-order valence-corrected chi connectivity index (χ0v) is 11.0. The molecule has 1 aliphatic heterocycles. The Morgan fingerprint density at radius 2 is 2.20 bits per heavy atom. The first-order chi connectivity index (χ1) is 9.81. The van der Waals surface area contributed by atoms with E-state index in [4.69, 9.17) is 4.42 Å². The topological polar surface area (TPSA) is 73.3 Å². The number of aliphatic hydroxyl groups is 1. The van der Waals surface area contributed by atoms with E-state index in [1.165, 1.54) is 0 Å². The Morgan fingerprint density at radius 3 is 2.85 bits per heavy atom. The number of benzene rings is 1. The van der Waals surface area contributed by atoms with Crippen LogP contribution >= 0.6 is 0 Å². The minimum Gasteiger partial charge on any atom is -0.419 e. The number of anilines is 1. The summed E-state index contributed by atoms with van der Waals surface area (Å²) in [5.74, 6) is 1.22. The second kappa shape index (κ2) is 5.35. The Labute approximate surface area is 117 Å². The summed E-state index contributed by atoms with van der Waals surface area (Å²) in [7, 11) is 0. The standard InChI is InChI=1S/C15H15N3O2/c16-8-13-15(18-7-6-11(9-18)10-19)20-14(17-13)12-4-2-1-3-5-12/h1-5,11,19H,6-7,9-10H2. The fourth-order valence-corrected chi connectivity index (χ4v) is 2.47. The average Bonchev–Trinajstić information content (AvgIpc) is 3.14. The van der Waals surface area contributed by atoms with Crippen molar-refractivity contribution in [3.63, 3.8) is 0 Å². The summed E-state index contributed by atoms with van der Waals surface area (Å²) in [6.07, 6.45) is 0.905. The molecule has 1 fully saturated rings. The van der Waals surface area contributed by atoms with E-state index in [2.05, 4.69) is 11.1 Å². The van der Waals surface area contributed by atoms with Gasteiger partial charge in [-0.1, -0.05) is 18.2 Å². The van der Waals surface area contributed by atoms with Gasteiger partial charge in [0.2, 0.25) is 17.5 Å². The number of nitrogens with zero attached hydrogens (tertiary/aromatic N) is 3. The first kappa shape index (κ1) is 12.7. The second-order valence-corrected chi connectivity index (χ2v) is 4.93. The fraction of sp³-hybridized carbons (Fsp3) is 0.333. The third-order valence-electron chi connectivity index (χ3n) is 3.57. The van der Waals surface area contributed by atoms with Crippen LogP contribution in [0.1, 0.15) is 12.1 Å². The molecule has 1 unspecified atom stereocenters. The van der Waals surface area contributed by atoms with E-state index in [1.54, 1.807) is 0 Å². The van der Waals surface area contributed by atoms with Crippen LogP contribution in [-0.2, 0) is 0 Å². The molecule has 102 valence electrons. The maximum atomic E-state index is 9.21. The van der Waals surface area contributed by atoms with Crippen molar-refractivity contribution in [1.82, 2.24) is 4.98 Å². The summed E-state index contributed by atoms with van der Waals surface area (Å²) in [6.45, 7) is 1.65. The smallest absolute Gasteiger partial charge is 0.235 e. The molecule has 0 bridgehead atoms. The molecule has 0 aliphatic carbocycles. The zero-order valence-electron chi connectivity index (χ0n) is 11.0. The van der Waals surface area contributed by atoms with Gasteiger partial charge in [0.25, 0.3) is 0 Å². The van der Waals surface area contributed by atoms with E-state index in [0.717, 1.165) is 18.5 Å². The van der Waals surface area contributed by atoms with Crippen molar-refractivity contribution in [2.24, 2.45) is 5.92 Å². The largest absolute Gasteiger partial charge is 0.419 e. The molecular formula is C15H15N3O2. The quantitative estimate of drug-likeness (QED) is 0.923. The summed E-state index contributed by atoms with van der Waals surface area (Å²) in [5.41, 5.74) is 1.16. The highest BCUT2D eigenvalue weighted by molar-refractivity contribution is 5.59. The van der Waals surface area contributed by atoms with E-state index in [-0.39, 0.29) is 12.5 Å². The predicted octanol–water partition coefficient (Wildman–Crippen LogP) is 2.03. The van der Waals surface area contributed by atoms with Gasteiger partial charge < -0.3 is 14.4 Å². The summed E-state index contributed by atoms with van der Waals surface area (Å²) in [4.78, 5) is 6.25. The SMILES string of the molecule is N#Cc1nc(-c2ccccc2)oc1N1CCC(CO)C1. The normalized spacial score (nSPS) is 18.2. The van der Waals surface area contributed by atoms with Gasteiger partial charge in [0.05, 0.1) is 0 Å². The lowest BCUT2D eigenvalue weighted by molar-refractivity contribution is 0.238. The minimum atomic E-state index is 0.165. The lowest BCUT2D eigenvalue weighted by Gasteiger charge is -2.14. The molecule has 20 heavy (non-hydrogen) atoms. The van der Waals surface area contributed by atoms with E-state index < -0.39 is 0 Å². The first-order valence-electron chi connectivity index (χ1n) is 6.64. The number of oxazole rings is 1. The van der Waals surface area contributed by atoms with Gasteiger partial charge in [-0.25, -0.2) is 0 Å². The highest BCUT2D eigenvalue weighted by Gasteiger charge is 2.27. The molecule has 2 heterocycles. The molecule has 0 spiro atoms. The van der Waals surface area contributed by atoms with E-state index in [9.17, 15) is 10.4 Å². The molecule has 5 heteroatoms. The van der Waals surface area contributed by atoms with E-state index in [1.807, 2.05) is 35.2 Å². The number of aromatic nitrogens is 1. The Balaban J connectivity index is 1.93. The van der Waals surface area contributed by atoms with Gasteiger partial charge in [-0.15, -0.1) is 0 Å². The molecule has 0 amide bonds. The highest BCUT2D eigenvalue weighted by atomic mass is 16.4. The molecule has 3 rings (SSSR count). The second-order valence-electron chi connectivity index (χ2n) is 4.93. The summed E-state index contributed by atoms with van der Waals surface area (Å²) >= 11 is 0. The molecule has 1 N–H and O–H groups in total. The molecule has 1 atom stereocenters. The molecule has 5 nitrogen and oxygen atoms in total.